The molecule has 1 fully saturated rings. The second-order valence-electron chi connectivity index (χ2n) is 5.45. The van der Waals surface area contributed by atoms with E-state index >= 15 is 0 Å². The van der Waals surface area contributed by atoms with Gasteiger partial charge in [0.1, 0.15) is 0 Å². The molecule has 1 aliphatic rings. The van der Waals surface area contributed by atoms with Crippen molar-refractivity contribution in [3.63, 3.8) is 0 Å². The van der Waals surface area contributed by atoms with Gasteiger partial charge in [0.05, 0.1) is 11.5 Å². The van der Waals surface area contributed by atoms with Crippen LogP contribution in [0.25, 0.3) is 0 Å². The Hall–Kier alpha value is 0.910. The summed E-state index contributed by atoms with van der Waals surface area (Å²) in [4.78, 5) is 0. The van der Waals surface area contributed by atoms with Gasteiger partial charge in [-0.05, 0) is 30.1 Å². The van der Waals surface area contributed by atoms with E-state index in [1.807, 2.05) is 0 Å². The minimum atomic E-state index is -2.78. The van der Waals surface area contributed by atoms with E-state index in [0.29, 0.717) is 23.3 Å². The Kier molecular flexibility index (Phi) is 5.99. The first-order valence-electron chi connectivity index (χ1n) is 6.21. The van der Waals surface area contributed by atoms with E-state index < -0.39 is 9.84 Å². The molecule has 0 amide bonds. The summed E-state index contributed by atoms with van der Waals surface area (Å²) < 4.78 is 23.3. The maximum atomic E-state index is 11.6. The molecule has 17 heavy (non-hydrogen) atoms. The summed E-state index contributed by atoms with van der Waals surface area (Å²) in [5, 5.41) is 1.77. The minimum Gasteiger partial charge on any atom is -0.229 e. The second kappa shape index (κ2) is 6.38. The maximum absolute atomic E-state index is 11.6. The summed E-state index contributed by atoms with van der Waals surface area (Å²) in [5.41, 5.74) is 0.0962. The first kappa shape index (κ1) is 16.0. The Morgan fingerprint density at radius 1 is 1.35 bits per heavy atom. The molecule has 2 atom stereocenters. The topological polar surface area (TPSA) is 34.1 Å². The highest BCUT2D eigenvalue weighted by molar-refractivity contribution is 9.09. The van der Waals surface area contributed by atoms with Crippen LogP contribution in [0.3, 0.4) is 0 Å². The predicted molar refractivity (Wildman–Crippen MR) is 80.9 cm³/mol. The summed E-state index contributed by atoms with van der Waals surface area (Å²) >= 11 is 7.23. The fourth-order valence-corrected chi connectivity index (χ4v) is 6.89. The molecule has 1 heterocycles. The van der Waals surface area contributed by atoms with Crippen molar-refractivity contribution in [1.29, 1.82) is 0 Å². The number of hydrogen-bond acceptors (Lipinski definition) is 2. The van der Waals surface area contributed by atoms with E-state index in [1.165, 1.54) is 0 Å². The Morgan fingerprint density at radius 2 is 1.94 bits per heavy atom. The zero-order valence-electron chi connectivity index (χ0n) is 10.6. The number of alkyl halides is 2. The van der Waals surface area contributed by atoms with Crippen LogP contribution in [0, 0.1) is 17.3 Å². The molecule has 0 aromatic carbocycles. The van der Waals surface area contributed by atoms with Gasteiger partial charge in [0, 0.05) is 10.7 Å². The molecule has 0 bridgehead atoms. The lowest BCUT2D eigenvalue weighted by molar-refractivity contribution is 0.197. The third-order valence-corrected chi connectivity index (χ3v) is 8.08. The molecule has 0 aromatic rings. The van der Waals surface area contributed by atoms with Crippen LogP contribution in [0.5, 0.6) is 0 Å². The fourth-order valence-electron chi connectivity index (χ4n) is 2.65. The zero-order chi connectivity index (χ0) is 13.1. The number of hydrogen-bond donors (Lipinski definition) is 0. The lowest BCUT2D eigenvalue weighted by atomic mass is 9.72. The number of halogens is 2. The average Bonchev–Trinajstić information content (AvgIpc) is 2.66. The van der Waals surface area contributed by atoms with Crippen molar-refractivity contribution in [2.45, 2.75) is 33.1 Å². The SMILES string of the molecule is CCC(C)CC(CBr)(CBr)C1CCS(=O)(=O)C1. The normalized spacial score (nSPS) is 26.0. The summed E-state index contributed by atoms with van der Waals surface area (Å²) in [5.74, 6) is 1.70. The fraction of sp³-hybridized carbons (Fsp3) is 1.00. The summed E-state index contributed by atoms with van der Waals surface area (Å²) in [6, 6.07) is 0. The van der Waals surface area contributed by atoms with E-state index in [0.717, 1.165) is 29.9 Å². The van der Waals surface area contributed by atoms with Crippen LogP contribution in [0.1, 0.15) is 33.1 Å². The molecule has 5 heteroatoms. The molecule has 2 unspecified atom stereocenters. The van der Waals surface area contributed by atoms with Crippen LogP contribution in [0.15, 0.2) is 0 Å². The predicted octanol–water partition coefficient (Wildman–Crippen LogP) is 3.63. The van der Waals surface area contributed by atoms with Crippen LogP contribution in [0.4, 0.5) is 0 Å². The molecule has 0 radical (unpaired) electrons. The van der Waals surface area contributed by atoms with Gasteiger partial charge in [0.2, 0.25) is 0 Å². The van der Waals surface area contributed by atoms with E-state index in [1.54, 1.807) is 0 Å². The van der Waals surface area contributed by atoms with Crippen LogP contribution in [-0.2, 0) is 9.84 Å². The van der Waals surface area contributed by atoms with Crippen LogP contribution in [0.2, 0.25) is 0 Å². The quantitative estimate of drug-likeness (QED) is 0.650. The van der Waals surface area contributed by atoms with Gasteiger partial charge < -0.3 is 0 Å². The molecule has 2 nitrogen and oxygen atoms in total. The summed E-state index contributed by atoms with van der Waals surface area (Å²) in [7, 11) is -2.78. The molecule has 0 spiro atoms. The standard InChI is InChI=1S/C12H22Br2O2S/c1-3-10(2)6-12(8-13,9-14)11-4-5-17(15,16)7-11/h10-11H,3-9H2,1-2H3. The lowest BCUT2D eigenvalue weighted by Gasteiger charge is -2.37. The Morgan fingerprint density at radius 3 is 2.29 bits per heavy atom. The van der Waals surface area contributed by atoms with Crippen LogP contribution in [-0.4, -0.2) is 30.6 Å². The first-order chi connectivity index (χ1) is 7.89. The summed E-state index contributed by atoms with van der Waals surface area (Å²) in [6.07, 6.45) is 3.08. The largest absolute Gasteiger partial charge is 0.229 e. The monoisotopic (exact) mass is 388 g/mol. The molecule has 1 rings (SSSR count). The minimum absolute atomic E-state index is 0.0962. The van der Waals surface area contributed by atoms with E-state index in [-0.39, 0.29) is 5.41 Å². The van der Waals surface area contributed by atoms with Gasteiger partial charge in [-0.3, -0.25) is 0 Å². The molecular formula is C12H22Br2O2S. The Labute approximate surface area is 122 Å². The Bertz CT molecular complexity index is 336. The van der Waals surface area contributed by atoms with Crippen LogP contribution < -0.4 is 0 Å². The molecule has 0 aromatic heterocycles. The molecule has 0 saturated carbocycles. The highest BCUT2D eigenvalue weighted by atomic mass is 79.9. The molecule has 1 saturated heterocycles. The molecule has 102 valence electrons. The lowest BCUT2D eigenvalue weighted by Crippen LogP contribution is -2.36. The van der Waals surface area contributed by atoms with Crippen molar-refractivity contribution in [2.24, 2.45) is 17.3 Å². The van der Waals surface area contributed by atoms with Gasteiger partial charge in [-0.15, -0.1) is 0 Å². The van der Waals surface area contributed by atoms with Crippen molar-refractivity contribution in [1.82, 2.24) is 0 Å². The van der Waals surface area contributed by atoms with E-state index in [4.69, 9.17) is 0 Å². The second-order valence-corrected chi connectivity index (χ2v) is 8.80. The van der Waals surface area contributed by atoms with Crippen molar-refractivity contribution < 1.29 is 8.42 Å². The van der Waals surface area contributed by atoms with Crippen LogP contribution >= 0.6 is 31.9 Å². The highest BCUT2D eigenvalue weighted by Crippen LogP contribution is 2.44. The zero-order valence-corrected chi connectivity index (χ0v) is 14.6. The molecule has 0 aliphatic carbocycles. The van der Waals surface area contributed by atoms with Crippen molar-refractivity contribution in [3.8, 4) is 0 Å². The average molecular weight is 390 g/mol. The summed E-state index contributed by atoms with van der Waals surface area (Å²) in [6.45, 7) is 4.45. The van der Waals surface area contributed by atoms with Crippen molar-refractivity contribution in [2.75, 3.05) is 22.2 Å². The van der Waals surface area contributed by atoms with Gasteiger partial charge >= 0.3 is 0 Å². The van der Waals surface area contributed by atoms with E-state index in [2.05, 4.69) is 45.7 Å². The molecular weight excluding hydrogens is 368 g/mol. The van der Waals surface area contributed by atoms with Gasteiger partial charge in [0.25, 0.3) is 0 Å². The van der Waals surface area contributed by atoms with Gasteiger partial charge in [-0.2, -0.15) is 0 Å². The third kappa shape index (κ3) is 3.93. The van der Waals surface area contributed by atoms with E-state index in [9.17, 15) is 8.42 Å². The van der Waals surface area contributed by atoms with Gasteiger partial charge in [-0.25, -0.2) is 8.42 Å². The number of sulfone groups is 1. The molecule has 1 aliphatic heterocycles. The van der Waals surface area contributed by atoms with Gasteiger partial charge in [0.15, 0.2) is 9.84 Å². The van der Waals surface area contributed by atoms with Gasteiger partial charge in [-0.1, -0.05) is 52.1 Å². The Balaban J connectivity index is 2.84. The maximum Gasteiger partial charge on any atom is 0.150 e. The number of rotatable bonds is 6. The highest BCUT2D eigenvalue weighted by Gasteiger charge is 2.43. The smallest absolute Gasteiger partial charge is 0.150 e. The first-order valence-corrected chi connectivity index (χ1v) is 10.3. The third-order valence-electron chi connectivity index (χ3n) is 4.08. The van der Waals surface area contributed by atoms with Crippen molar-refractivity contribution >= 4 is 41.7 Å². The van der Waals surface area contributed by atoms with Crippen molar-refractivity contribution in [3.05, 3.63) is 0 Å². The molecule has 0 N–H and O–H groups in total.